The quantitative estimate of drug-likeness (QED) is 0.485. The van der Waals surface area contributed by atoms with Crippen molar-refractivity contribution in [2.24, 2.45) is 7.05 Å². The van der Waals surface area contributed by atoms with Crippen molar-refractivity contribution in [2.75, 3.05) is 11.1 Å². The number of nitrogens with one attached hydrogen (secondary N) is 1. The number of hydrogen-bond donors (Lipinski definition) is 1. The smallest absolute Gasteiger partial charge is 0.232 e. The van der Waals surface area contributed by atoms with Gasteiger partial charge in [-0.15, -0.1) is 10.2 Å². The number of carbonyl (C=O) groups excluding carboxylic acids is 2. The number of ketones is 1. The van der Waals surface area contributed by atoms with E-state index in [0.29, 0.717) is 22.2 Å². The lowest BCUT2D eigenvalue weighted by Gasteiger charge is -2.06. The van der Waals surface area contributed by atoms with Crippen LogP contribution in [0.1, 0.15) is 16.2 Å². The summed E-state index contributed by atoms with van der Waals surface area (Å²) >= 11 is 1.18. The minimum Gasteiger partial charge on any atom is -0.326 e. The molecule has 0 radical (unpaired) electrons. The summed E-state index contributed by atoms with van der Waals surface area (Å²) < 4.78 is 27.5. The molecule has 3 aromatic rings. The topological polar surface area (TPSA) is 76.9 Å². The molecule has 9 heteroatoms. The van der Waals surface area contributed by atoms with E-state index in [1.807, 2.05) is 0 Å². The second-order valence-electron chi connectivity index (χ2n) is 5.91. The fraction of sp³-hybridized carbons (Fsp3) is 0.158. The Morgan fingerprint density at radius 1 is 1.00 bits per heavy atom. The molecular formula is C19H16F2N4O2S. The lowest BCUT2D eigenvalue weighted by Crippen LogP contribution is -2.17. The minimum absolute atomic E-state index is 0.0205. The predicted octanol–water partition coefficient (Wildman–Crippen LogP) is 3.25. The Bertz CT molecular complexity index is 988. The summed E-state index contributed by atoms with van der Waals surface area (Å²) in [6.45, 7) is 0. The largest absolute Gasteiger partial charge is 0.326 e. The number of rotatable bonds is 7. The first-order valence-corrected chi connectivity index (χ1v) is 9.26. The van der Waals surface area contributed by atoms with Crippen molar-refractivity contribution in [2.45, 2.75) is 11.6 Å². The Morgan fingerprint density at radius 2 is 1.61 bits per heavy atom. The molecule has 0 saturated carbocycles. The molecule has 2 aromatic carbocycles. The highest BCUT2D eigenvalue weighted by Gasteiger charge is 2.15. The molecule has 0 aliphatic heterocycles. The van der Waals surface area contributed by atoms with Gasteiger partial charge < -0.3 is 9.88 Å². The third-order valence-electron chi connectivity index (χ3n) is 3.87. The van der Waals surface area contributed by atoms with Gasteiger partial charge in [-0.1, -0.05) is 11.8 Å². The van der Waals surface area contributed by atoms with E-state index in [9.17, 15) is 18.4 Å². The van der Waals surface area contributed by atoms with Crippen LogP contribution in [0.25, 0.3) is 0 Å². The lowest BCUT2D eigenvalue weighted by molar-refractivity contribution is -0.115. The molecule has 0 atom stereocenters. The van der Waals surface area contributed by atoms with E-state index >= 15 is 0 Å². The minimum atomic E-state index is -0.402. The Labute approximate surface area is 164 Å². The maximum atomic E-state index is 12.9. The number of anilines is 1. The zero-order valence-corrected chi connectivity index (χ0v) is 15.7. The maximum absolute atomic E-state index is 12.9. The van der Waals surface area contributed by atoms with Crippen LogP contribution >= 0.6 is 11.8 Å². The Morgan fingerprint density at radius 3 is 2.25 bits per heavy atom. The van der Waals surface area contributed by atoms with Crippen molar-refractivity contribution in [3.05, 3.63) is 71.6 Å². The first-order valence-electron chi connectivity index (χ1n) is 8.27. The maximum Gasteiger partial charge on any atom is 0.232 e. The normalized spacial score (nSPS) is 10.7. The highest BCUT2D eigenvalue weighted by molar-refractivity contribution is 7.99. The lowest BCUT2D eigenvalue weighted by atomic mass is 10.1. The Balaban J connectivity index is 1.57. The summed E-state index contributed by atoms with van der Waals surface area (Å²) in [6.07, 6.45) is -0.0205. The zero-order valence-electron chi connectivity index (χ0n) is 14.9. The first-order chi connectivity index (χ1) is 13.4. The monoisotopic (exact) mass is 402 g/mol. The Hall–Kier alpha value is -3.07. The van der Waals surface area contributed by atoms with Crippen molar-refractivity contribution in [1.82, 2.24) is 14.8 Å². The molecule has 0 bridgehead atoms. The summed E-state index contributed by atoms with van der Waals surface area (Å²) in [7, 11) is 1.70. The predicted molar refractivity (Wildman–Crippen MR) is 101 cm³/mol. The van der Waals surface area contributed by atoms with Gasteiger partial charge >= 0.3 is 0 Å². The number of hydrogen-bond acceptors (Lipinski definition) is 5. The molecule has 0 saturated heterocycles. The van der Waals surface area contributed by atoms with E-state index in [4.69, 9.17) is 0 Å². The van der Waals surface area contributed by atoms with E-state index in [2.05, 4.69) is 15.5 Å². The molecule has 1 amide bonds. The van der Waals surface area contributed by atoms with E-state index in [-0.39, 0.29) is 29.7 Å². The van der Waals surface area contributed by atoms with Crippen molar-refractivity contribution in [1.29, 1.82) is 0 Å². The molecule has 0 fully saturated rings. The molecule has 3 rings (SSSR count). The summed E-state index contributed by atoms with van der Waals surface area (Å²) in [6, 6.07) is 10.8. The number of amides is 1. The van der Waals surface area contributed by atoms with Crippen molar-refractivity contribution in [3.8, 4) is 0 Å². The fourth-order valence-corrected chi connectivity index (χ4v) is 3.18. The molecule has 28 heavy (non-hydrogen) atoms. The second kappa shape index (κ2) is 8.75. The van der Waals surface area contributed by atoms with Crippen LogP contribution in [-0.2, 0) is 18.3 Å². The van der Waals surface area contributed by atoms with E-state index in [1.165, 1.54) is 60.3 Å². The van der Waals surface area contributed by atoms with Gasteiger partial charge in [-0.2, -0.15) is 0 Å². The average molecular weight is 402 g/mol. The van der Waals surface area contributed by atoms with Gasteiger partial charge in [-0.25, -0.2) is 8.78 Å². The van der Waals surface area contributed by atoms with E-state index in [1.54, 1.807) is 11.6 Å². The first kappa shape index (κ1) is 19.7. The van der Waals surface area contributed by atoms with E-state index < -0.39 is 5.82 Å². The van der Waals surface area contributed by atoms with Gasteiger partial charge in [0.1, 0.15) is 17.5 Å². The highest BCUT2D eigenvalue weighted by atomic mass is 32.2. The molecule has 1 N–H and O–H groups in total. The van der Waals surface area contributed by atoms with Crippen molar-refractivity contribution < 1.29 is 18.4 Å². The van der Waals surface area contributed by atoms with Crippen LogP contribution < -0.4 is 5.32 Å². The number of halogens is 2. The molecule has 1 aromatic heterocycles. The van der Waals surface area contributed by atoms with Crippen LogP contribution in [-0.4, -0.2) is 32.2 Å². The van der Waals surface area contributed by atoms with E-state index in [0.717, 1.165) is 0 Å². The summed E-state index contributed by atoms with van der Waals surface area (Å²) in [5, 5.41) is 11.1. The average Bonchev–Trinajstić information content (AvgIpc) is 3.02. The fourth-order valence-electron chi connectivity index (χ4n) is 2.36. The summed E-state index contributed by atoms with van der Waals surface area (Å²) in [5.74, 6) is -0.732. The van der Waals surface area contributed by atoms with Crippen molar-refractivity contribution >= 4 is 29.1 Å². The zero-order chi connectivity index (χ0) is 20.1. The van der Waals surface area contributed by atoms with Crippen LogP contribution in [0.2, 0.25) is 0 Å². The number of aromatic nitrogens is 3. The van der Waals surface area contributed by atoms with Gasteiger partial charge in [0.25, 0.3) is 0 Å². The molecular weight excluding hydrogens is 386 g/mol. The van der Waals surface area contributed by atoms with Gasteiger partial charge in [-0.3, -0.25) is 9.59 Å². The molecule has 0 spiro atoms. The van der Waals surface area contributed by atoms with Crippen LogP contribution in [0.15, 0.2) is 53.7 Å². The second-order valence-corrected chi connectivity index (χ2v) is 6.85. The van der Waals surface area contributed by atoms with Crippen LogP contribution in [0.5, 0.6) is 0 Å². The van der Waals surface area contributed by atoms with Gasteiger partial charge in [0, 0.05) is 18.3 Å². The third-order valence-corrected chi connectivity index (χ3v) is 4.89. The SMILES string of the molecule is Cn1c(CC(=O)Nc2ccc(F)cc2)nnc1SCC(=O)c1ccc(F)cc1. The summed E-state index contributed by atoms with van der Waals surface area (Å²) in [4.78, 5) is 24.3. The molecule has 0 aliphatic rings. The number of carbonyl (C=O) groups is 2. The number of Topliss-reactive ketones (excluding diaryl/α,β-unsaturated/α-hetero) is 1. The standard InChI is InChI=1S/C19H16F2N4O2S/c1-25-17(10-18(27)22-15-8-6-14(21)7-9-15)23-24-19(25)28-11-16(26)12-2-4-13(20)5-3-12/h2-9H,10-11H2,1H3,(H,22,27). The highest BCUT2D eigenvalue weighted by Crippen LogP contribution is 2.18. The molecule has 1 heterocycles. The van der Waals surface area contributed by atoms with Gasteiger partial charge in [0.15, 0.2) is 10.9 Å². The van der Waals surface area contributed by atoms with Gasteiger partial charge in [0.2, 0.25) is 5.91 Å². The number of benzene rings is 2. The Kier molecular flexibility index (Phi) is 6.15. The molecule has 0 aliphatic carbocycles. The third kappa shape index (κ3) is 5.01. The van der Waals surface area contributed by atoms with Crippen LogP contribution in [0.3, 0.4) is 0 Å². The van der Waals surface area contributed by atoms with Crippen molar-refractivity contribution in [3.63, 3.8) is 0 Å². The number of thioether (sulfide) groups is 1. The van der Waals surface area contributed by atoms with Crippen LogP contribution in [0.4, 0.5) is 14.5 Å². The molecule has 6 nitrogen and oxygen atoms in total. The molecule has 144 valence electrons. The van der Waals surface area contributed by atoms with Gasteiger partial charge in [0.05, 0.1) is 12.2 Å². The van der Waals surface area contributed by atoms with Gasteiger partial charge in [-0.05, 0) is 48.5 Å². The van der Waals surface area contributed by atoms with Crippen LogP contribution in [0, 0.1) is 11.6 Å². The summed E-state index contributed by atoms with van der Waals surface area (Å²) in [5.41, 5.74) is 0.892. The number of nitrogens with zero attached hydrogens (tertiary/aromatic N) is 3. The molecule has 0 unspecified atom stereocenters.